The number of nitrogens with one attached hydrogen (secondary N) is 3. The predicted octanol–water partition coefficient (Wildman–Crippen LogP) is -1.90. The Labute approximate surface area is 77.1 Å². The van der Waals surface area contributed by atoms with Crippen LogP contribution in [0.25, 0.3) is 0 Å². The highest BCUT2D eigenvalue weighted by Crippen LogP contribution is 1.77. The minimum Gasteiger partial charge on any atom is -0.337 e. The van der Waals surface area contributed by atoms with Crippen molar-refractivity contribution < 1.29 is 13.2 Å². The molecule has 0 saturated heterocycles. The van der Waals surface area contributed by atoms with Gasteiger partial charge in [-0.05, 0) is 6.42 Å². The Bertz CT molecular complexity index is 251. The Morgan fingerprint density at radius 2 is 2.00 bits per heavy atom. The lowest BCUT2D eigenvalue weighted by Gasteiger charge is -2.03. The van der Waals surface area contributed by atoms with Gasteiger partial charge in [0, 0.05) is 13.1 Å². The van der Waals surface area contributed by atoms with Crippen LogP contribution in [0.15, 0.2) is 0 Å². The first-order valence-corrected chi connectivity index (χ1v) is 5.54. The van der Waals surface area contributed by atoms with Gasteiger partial charge in [-0.2, -0.15) is 0 Å². The summed E-state index contributed by atoms with van der Waals surface area (Å²) in [6.45, 7) is 0.662. The molecule has 0 aromatic rings. The Hall–Kier alpha value is -0.860. The van der Waals surface area contributed by atoms with Crippen LogP contribution in [-0.4, -0.2) is 33.8 Å². The van der Waals surface area contributed by atoms with E-state index in [2.05, 4.69) is 10.0 Å². The number of urea groups is 1. The molecule has 78 valence electrons. The van der Waals surface area contributed by atoms with E-state index in [0.29, 0.717) is 19.5 Å². The number of sulfonamides is 1. The molecule has 0 aromatic carbocycles. The zero-order chi connectivity index (χ0) is 10.3. The number of carbonyl (C=O) groups excluding carboxylic acids is 1. The fraction of sp³-hybridized carbons (Fsp3) is 0.800. The SMILES string of the molecule is CS(=O)(=O)NCCCNC(=O)NN. The zero-order valence-electron chi connectivity index (χ0n) is 7.33. The predicted molar refractivity (Wildman–Crippen MR) is 48.2 cm³/mol. The second-order valence-corrected chi connectivity index (χ2v) is 4.25. The van der Waals surface area contributed by atoms with Crippen LogP contribution in [0, 0.1) is 0 Å². The Morgan fingerprint density at radius 3 is 2.46 bits per heavy atom. The van der Waals surface area contributed by atoms with Crippen molar-refractivity contribution in [3.05, 3.63) is 0 Å². The molecule has 5 N–H and O–H groups in total. The van der Waals surface area contributed by atoms with Crippen molar-refractivity contribution in [1.29, 1.82) is 0 Å². The van der Waals surface area contributed by atoms with E-state index < -0.39 is 16.1 Å². The van der Waals surface area contributed by atoms with Crippen molar-refractivity contribution in [2.45, 2.75) is 6.42 Å². The van der Waals surface area contributed by atoms with Gasteiger partial charge in [0.15, 0.2) is 0 Å². The monoisotopic (exact) mass is 210 g/mol. The maximum absolute atomic E-state index is 10.6. The van der Waals surface area contributed by atoms with Gasteiger partial charge >= 0.3 is 6.03 Å². The van der Waals surface area contributed by atoms with Gasteiger partial charge < -0.3 is 5.32 Å². The van der Waals surface area contributed by atoms with E-state index in [9.17, 15) is 13.2 Å². The second kappa shape index (κ2) is 5.73. The molecule has 0 aliphatic rings. The summed E-state index contributed by atoms with van der Waals surface area (Å²) >= 11 is 0. The van der Waals surface area contributed by atoms with E-state index >= 15 is 0 Å². The molecule has 0 aliphatic carbocycles. The molecule has 0 rings (SSSR count). The van der Waals surface area contributed by atoms with Gasteiger partial charge in [-0.3, -0.25) is 5.43 Å². The molecule has 0 aliphatic heterocycles. The van der Waals surface area contributed by atoms with Crippen LogP contribution >= 0.6 is 0 Å². The van der Waals surface area contributed by atoms with Gasteiger partial charge in [0.05, 0.1) is 6.26 Å². The average Bonchev–Trinajstić information content (AvgIpc) is 2.01. The number of amides is 2. The van der Waals surface area contributed by atoms with Crippen LogP contribution in [0.1, 0.15) is 6.42 Å². The van der Waals surface area contributed by atoms with Crippen molar-refractivity contribution in [3.8, 4) is 0 Å². The third-order valence-corrected chi connectivity index (χ3v) is 1.86. The lowest BCUT2D eigenvalue weighted by Crippen LogP contribution is -2.40. The molecule has 13 heavy (non-hydrogen) atoms. The quantitative estimate of drug-likeness (QED) is 0.184. The summed E-state index contributed by atoms with van der Waals surface area (Å²) in [6, 6.07) is -0.487. The number of hydrogen-bond donors (Lipinski definition) is 4. The van der Waals surface area contributed by atoms with Crippen LogP contribution in [0.2, 0.25) is 0 Å². The molecule has 2 amide bonds. The number of nitrogens with two attached hydrogens (primary N) is 1. The van der Waals surface area contributed by atoms with E-state index in [1.807, 2.05) is 5.43 Å². The lowest BCUT2D eigenvalue weighted by molar-refractivity contribution is 0.241. The first-order valence-electron chi connectivity index (χ1n) is 3.65. The fourth-order valence-corrected chi connectivity index (χ4v) is 1.11. The van der Waals surface area contributed by atoms with Crippen molar-refractivity contribution >= 4 is 16.1 Å². The maximum atomic E-state index is 10.6. The molecule has 0 aromatic heterocycles. The van der Waals surface area contributed by atoms with Crippen molar-refractivity contribution in [1.82, 2.24) is 15.5 Å². The number of hydrogen-bond acceptors (Lipinski definition) is 4. The van der Waals surface area contributed by atoms with E-state index in [4.69, 9.17) is 5.84 Å². The van der Waals surface area contributed by atoms with Gasteiger partial charge in [-0.25, -0.2) is 23.8 Å². The molecular formula is C5H14N4O3S. The molecule has 7 nitrogen and oxygen atoms in total. The van der Waals surface area contributed by atoms with Crippen molar-refractivity contribution in [2.24, 2.45) is 5.84 Å². The molecule has 0 bridgehead atoms. The van der Waals surface area contributed by atoms with Crippen LogP contribution < -0.4 is 21.3 Å². The van der Waals surface area contributed by atoms with E-state index in [-0.39, 0.29) is 0 Å². The smallest absolute Gasteiger partial charge is 0.328 e. The van der Waals surface area contributed by atoms with E-state index in [1.54, 1.807) is 0 Å². The summed E-state index contributed by atoms with van der Waals surface area (Å²) < 4.78 is 23.4. The third-order valence-electron chi connectivity index (χ3n) is 1.13. The molecule has 0 heterocycles. The van der Waals surface area contributed by atoms with Crippen molar-refractivity contribution in [3.63, 3.8) is 0 Å². The minimum atomic E-state index is -3.13. The van der Waals surface area contributed by atoms with Crippen LogP contribution in [0.5, 0.6) is 0 Å². The highest BCUT2D eigenvalue weighted by molar-refractivity contribution is 7.88. The molecule has 0 fully saturated rings. The molecule has 8 heteroatoms. The molecular weight excluding hydrogens is 196 g/mol. The van der Waals surface area contributed by atoms with Gasteiger partial charge in [-0.1, -0.05) is 0 Å². The summed E-state index contributed by atoms with van der Waals surface area (Å²) in [4.78, 5) is 10.5. The topological polar surface area (TPSA) is 113 Å². The van der Waals surface area contributed by atoms with Gasteiger partial charge in [0.2, 0.25) is 10.0 Å². The summed E-state index contributed by atoms with van der Waals surface area (Å²) in [5, 5.41) is 2.41. The Balaban J connectivity index is 3.33. The highest BCUT2D eigenvalue weighted by Gasteiger charge is 1.99. The highest BCUT2D eigenvalue weighted by atomic mass is 32.2. The summed E-state index contributed by atoms with van der Waals surface area (Å²) in [5.41, 5.74) is 1.88. The van der Waals surface area contributed by atoms with Crippen molar-refractivity contribution in [2.75, 3.05) is 19.3 Å². The minimum absolute atomic E-state index is 0.295. The maximum Gasteiger partial charge on any atom is 0.328 e. The average molecular weight is 210 g/mol. The standard InChI is InChI=1S/C5H14N4O3S/c1-13(11,12)8-4-2-3-7-5(10)9-6/h8H,2-4,6H2,1H3,(H2,7,9,10). The molecule has 0 spiro atoms. The van der Waals surface area contributed by atoms with E-state index in [0.717, 1.165) is 6.26 Å². The van der Waals surface area contributed by atoms with Crippen LogP contribution in [0.4, 0.5) is 4.79 Å². The van der Waals surface area contributed by atoms with Gasteiger partial charge in [0.1, 0.15) is 0 Å². The molecule has 0 atom stereocenters. The normalized spacial score (nSPS) is 10.9. The van der Waals surface area contributed by atoms with E-state index in [1.165, 1.54) is 0 Å². The zero-order valence-corrected chi connectivity index (χ0v) is 8.15. The lowest BCUT2D eigenvalue weighted by atomic mass is 10.4. The fourth-order valence-electron chi connectivity index (χ4n) is 0.599. The van der Waals surface area contributed by atoms with Crippen LogP contribution in [0.3, 0.4) is 0 Å². The summed E-state index contributed by atoms with van der Waals surface area (Å²) in [7, 11) is -3.13. The molecule has 0 radical (unpaired) electrons. The number of rotatable bonds is 5. The summed E-state index contributed by atoms with van der Waals surface area (Å²) in [6.07, 6.45) is 1.59. The summed E-state index contributed by atoms with van der Waals surface area (Å²) in [5.74, 6) is 4.78. The number of hydrazine groups is 1. The Morgan fingerprint density at radius 1 is 1.38 bits per heavy atom. The Kier molecular flexibility index (Phi) is 5.35. The first kappa shape index (κ1) is 12.1. The van der Waals surface area contributed by atoms with Crippen LogP contribution in [-0.2, 0) is 10.0 Å². The first-order chi connectivity index (χ1) is 5.95. The largest absolute Gasteiger partial charge is 0.337 e. The molecule has 0 saturated carbocycles. The number of carbonyl (C=O) groups is 1. The van der Waals surface area contributed by atoms with Gasteiger partial charge in [-0.15, -0.1) is 0 Å². The second-order valence-electron chi connectivity index (χ2n) is 2.42. The van der Waals surface area contributed by atoms with Gasteiger partial charge in [0.25, 0.3) is 0 Å². The molecule has 0 unspecified atom stereocenters. The third kappa shape index (κ3) is 9.05.